The van der Waals surface area contributed by atoms with Crippen LogP contribution in [0.1, 0.15) is 36.4 Å². The number of aliphatic imine (C=N–C) groups is 1. The van der Waals surface area contributed by atoms with Crippen molar-refractivity contribution in [1.82, 2.24) is 15.5 Å². The van der Waals surface area contributed by atoms with Crippen LogP contribution in [0.3, 0.4) is 0 Å². The minimum atomic E-state index is 0.234. The zero-order valence-corrected chi connectivity index (χ0v) is 14.5. The minimum absolute atomic E-state index is 0.234. The summed E-state index contributed by atoms with van der Waals surface area (Å²) in [6.45, 7) is 6.48. The molecule has 0 aliphatic carbocycles. The normalized spacial score (nSPS) is 18.6. The van der Waals surface area contributed by atoms with E-state index in [1.807, 2.05) is 23.2 Å². The maximum absolute atomic E-state index is 11.7. The van der Waals surface area contributed by atoms with Gasteiger partial charge >= 0.3 is 0 Å². The fraction of sp³-hybridized carbons (Fsp3) is 0.625. The van der Waals surface area contributed by atoms with E-state index < -0.39 is 0 Å². The zero-order valence-electron chi connectivity index (χ0n) is 13.7. The number of nitrogens with one attached hydrogen (secondary N) is 2. The largest absolute Gasteiger partial charge is 0.352 e. The van der Waals surface area contributed by atoms with Crippen molar-refractivity contribution in [3.05, 3.63) is 21.9 Å². The Kier molecular flexibility index (Phi) is 6.24. The predicted molar refractivity (Wildman–Crippen MR) is 92.3 cm³/mol. The van der Waals surface area contributed by atoms with E-state index in [1.54, 1.807) is 7.05 Å². The van der Waals surface area contributed by atoms with Crippen LogP contribution in [0.25, 0.3) is 0 Å². The van der Waals surface area contributed by atoms with Crippen molar-refractivity contribution < 1.29 is 4.79 Å². The third kappa shape index (κ3) is 4.47. The molecule has 2 rings (SSSR count). The fourth-order valence-corrected chi connectivity index (χ4v) is 3.49. The molecule has 1 fully saturated rings. The average Bonchev–Trinajstić information content (AvgIpc) is 3.19. The van der Waals surface area contributed by atoms with Gasteiger partial charge in [0.05, 0.1) is 6.54 Å². The fourth-order valence-electron chi connectivity index (χ4n) is 2.59. The van der Waals surface area contributed by atoms with Crippen LogP contribution in [0.5, 0.6) is 0 Å². The number of hydrogen-bond donors (Lipinski definition) is 2. The van der Waals surface area contributed by atoms with Crippen LogP contribution in [0.4, 0.5) is 0 Å². The Morgan fingerprint density at radius 3 is 2.82 bits per heavy atom. The van der Waals surface area contributed by atoms with E-state index in [-0.39, 0.29) is 11.9 Å². The molecule has 1 aliphatic heterocycles. The first-order valence-corrected chi connectivity index (χ1v) is 8.80. The predicted octanol–water partition coefficient (Wildman–Crippen LogP) is 1.99. The van der Waals surface area contributed by atoms with Gasteiger partial charge in [-0.25, -0.2) is 0 Å². The first kappa shape index (κ1) is 16.8. The Labute approximate surface area is 136 Å². The van der Waals surface area contributed by atoms with Crippen LogP contribution in [0.15, 0.2) is 17.1 Å². The molecule has 2 N–H and O–H groups in total. The van der Waals surface area contributed by atoms with Gasteiger partial charge in [0.25, 0.3) is 0 Å². The maximum atomic E-state index is 11.7. The first-order valence-electron chi connectivity index (χ1n) is 7.98. The molecule has 0 bridgehead atoms. The number of nitrogens with zero attached hydrogens (tertiary/aromatic N) is 2. The van der Waals surface area contributed by atoms with Gasteiger partial charge in [-0.05, 0) is 25.0 Å². The van der Waals surface area contributed by atoms with E-state index >= 15 is 0 Å². The molecule has 22 heavy (non-hydrogen) atoms. The molecule has 2 heterocycles. The van der Waals surface area contributed by atoms with E-state index in [2.05, 4.69) is 34.7 Å². The number of aryl methyl sites for hydroxylation is 1. The minimum Gasteiger partial charge on any atom is -0.352 e. The van der Waals surface area contributed by atoms with Gasteiger partial charge in [0.2, 0.25) is 5.91 Å². The van der Waals surface area contributed by atoms with Crippen molar-refractivity contribution in [3.8, 4) is 0 Å². The van der Waals surface area contributed by atoms with Crippen LogP contribution < -0.4 is 10.6 Å². The van der Waals surface area contributed by atoms with Crippen molar-refractivity contribution in [3.63, 3.8) is 0 Å². The second-order valence-electron chi connectivity index (χ2n) is 5.47. The summed E-state index contributed by atoms with van der Waals surface area (Å²) in [6, 6.07) is 4.64. The smallest absolute Gasteiger partial charge is 0.222 e. The van der Waals surface area contributed by atoms with Crippen LogP contribution in [0.2, 0.25) is 0 Å². The molecule has 1 saturated heterocycles. The second kappa shape index (κ2) is 8.17. The molecule has 1 aliphatic rings. The third-order valence-corrected chi connectivity index (χ3v) is 5.13. The van der Waals surface area contributed by atoms with E-state index in [4.69, 9.17) is 0 Å². The molecule has 1 atom stereocenters. The van der Waals surface area contributed by atoms with E-state index in [0.717, 1.165) is 38.4 Å². The number of rotatable bonds is 5. The molecule has 122 valence electrons. The Hall–Kier alpha value is -1.56. The lowest BCUT2D eigenvalue weighted by Crippen LogP contribution is -2.44. The SMILES string of the molecule is CCC(=O)N1CCC(NC(=NC)NCc2ccc(CC)s2)C1. The summed E-state index contributed by atoms with van der Waals surface area (Å²) in [5.74, 6) is 1.04. The third-order valence-electron chi connectivity index (χ3n) is 3.90. The van der Waals surface area contributed by atoms with Gasteiger partial charge in [0.15, 0.2) is 5.96 Å². The highest BCUT2D eigenvalue weighted by molar-refractivity contribution is 7.11. The molecule has 0 aromatic carbocycles. The number of guanidine groups is 1. The van der Waals surface area contributed by atoms with Crippen molar-refractivity contribution >= 4 is 23.2 Å². The van der Waals surface area contributed by atoms with Gasteiger partial charge in [0.1, 0.15) is 0 Å². The molecule has 0 saturated carbocycles. The highest BCUT2D eigenvalue weighted by atomic mass is 32.1. The number of thiophene rings is 1. The van der Waals surface area contributed by atoms with Crippen molar-refractivity contribution in [2.24, 2.45) is 4.99 Å². The van der Waals surface area contributed by atoms with Crippen LogP contribution >= 0.6 is 11.3 Å². The van der Waals surface area contributed by atoms with Crippen molar-refractivity contribution in [1.29, 1.82) is 0 Å². The molecule has 0 spiro atoms. The lowest BCUT2D eigenvalue weighted by molar-refractivity contribution is -0.129. The topological polar surface area (TPSA) is 56.7 Å². The summed E-state index contributed by atoms with van der Waals surface area (Å²) in [5.41, 5.74) is 0. The summed E-state index contributed by atoms with van der Waals surface area (Å²) in [7, 11) is 1.78. The molecule has 1 aromatic heterocycles. The Balaban J connectivity index is 1.79. The Morgan fingerprint density at radius 1 is 1.41 bits per heavy atom. The number of carbonyl (C=O) groups excluding carboxylic acids is 1. The summed E-state index contributed by atoms with van der Waals surface area (Å²) in [6.07, 6.45) is 2.64. The molecule has 1 unspecified atom stereocenters. The zero-order chi connectivity index (χ0) is 15.9. The van der Waals surface area contributed by atoms with Gasteiger partial charge in [-0.15, -0.1) is 11.3 Å². The molecule has 6 heteroatoms. The summed E-state index contributed by atoms with van der Waals surface area (Å²) in [4.78, 5) is 20.6. The number of likely N-dealkylation sites (tertiary alicyclic amines) is 1. The van der Waals surface area contributed by atoms with Gasteiger partial charge in [0, 0.05) is 42.4 Å². The summed E-state index contributed by atoms with van der Waals surface area (Å²) in [5, 5.41) is 6.77. The average molecular weight is 322 g/mol. The standard InChI is InChI=1S/C16H26N4OS/c1-4-13-6-7-14(22-13)10-18-16(17-3)19-12-8-9-20(11-12)15(21)5-2/h6-7,12H,4-5,8-11H2,1-3H3,(H2,17,18,19). The monoisotopic (exact) mass is 322 g/mol. The molecule has 1 amide bonds. The molecule has 0 radical (unpaired) electrons. The second-order valence-corrected chi connectivity index (χ2v) is 6.72. The quantitative estimate of drug-likeness (QED) is 0.644. The van der Waals surface area contributed by atoms with Crippen molar-refractivity contribution in [2.45, 2.75) is 45.7 Å². The van der Waals surface area contributed by atoms with E-state index in [9.17, 15) is 4.79 Å². The highest BCUT2D eigenvalue weighted by Crippen LogP contribution is 2.16. The van der Waals surface area contributed by atoms with Gasteiger partial charge in [-0.1, -0.05) is 13.8 Å². The van der Waals surface area contributed by atoms with Crippen LogP contribution in [0, 0.1) is 0 Å². The highest BCUT2D eigenvalue weighted by Gasteiger charge is 2.25. The van der Waals surface area contributed by atoms with Gasteiger partial charge < -0.3 is 15.5 Å². The maximum Gasteiger partial charge on any atom is 0.222 e. The Bertz CT molecular complexity index is 526. The van der Waals surface area contributed by atoms with E-state index in [1.165, 1.54) is 9.75 Å². The molecular formula is C16H26N4OS. The van der Waals surface area contributed by atoms with Gasteiger partial charge in [-0.2, -0.15) is 0 Å². The van der Waals surface area contributed by atoms with E-state index in [0.29, 0.717) is 6.42 Å². The summed E-state index contributed by atoms with van der Waals surface area (Å²) < 4.78 is 0. The first-order chi connectivity index (χ1) is 10.7. The van der Waals surface area contributed by atoms with Gasteiger partial charge in [-0.3, -0.25) is 9.79 Å². The lowest BCUT2D eigenvalue weighted by Gasteiger charge is -2.18. The number of amides is 1. The summed E-state index contributed by atoms with van der Waals surface area (Å²) >= 11 is 1.84. The molecule has 5 nitrogen and oxygen atoms in total. The number of hydrogen-bond acceptors (Lipinski definition) is 3. The Morgan fingerprint density at radius 2 is 2.18 bits per heavy atom. The molecular weight excluding hydrogens is 296 g/mol. The molecule has 1 aromatic rings. The van der Waals surface area contributed by atoms with Crippen LogP contribution in [-0.4, -0.2) is 42.9 Å². The number of carbonyl (C=O) groups is 1. The van der Waals surface area contributed by atoms with Crippen LogP contribution in [-0.2, 0) is 17.8 Å². The van der Waals surface area contributed by atoms with Crippen molar-refractivity contribution in [2.75, 3.05) is 20.1 Å². The lowest BCUT2D eigenvalue weighted by atomic mass is 10.3.